The number of anilines is 1. The van der Waals surface area contributed by atoms with Crippen LogP contribution in [0.5, 0.6) is 5.75 Å². The van der Waals surface area contributed by atoms with Gasteiger partial charge in [0.05, 0.1) is 18.7 Å². The quantitative estimate of drug-likeness (QED) is 0.475. The molecule has 172 valence electrons. The molecule has 8 nitrogen and oxygen atoms in total. The van der Waals surface area contributed by atoms with Crippen molar-refractivity contribution in [1.82, 2.24) is 19.9 Å². The molecule has 1 amide bonds. The van der Waals surface area contributed by atoms with Crippen LogP contribution in [0.2, 0.25) is 0 Å². The third-order valence-corrected chi connectivity index (χ3v) is 5.77. The Morgan fingerprint density at radius 3 is 2.56 bits per heavy atom. The lowest BCUT2D eigenvalue weighted by Crippen LogP contribution is -2.42. The summed E-state index contributed by atoms with van der Waals surface area (Å²) >= 11 is 0. The van der Waals surface area contributed by atoms with Crippen molar-refractivity contribution in [3.63, 3.8) is 0 Å². The van der Waals surface area contributed by atoms with Gasteiger partial charge in [-0.05, 0) is 47.5 Å². The first-order valence-corrected chi connectivity index (χ1v) is 11.2. The number of amides is 1. The van der Waals surface area contributed by atoms with Gasteiger partial charge in [-0.2, -0.15) is 0 Å². The number of aromatic nitrogens is 3. The largest absolute Gasteiger partial charge is 0.484 e. The van der Waals surface area contributed by atoms with Crippen molar-refractivity contribution in [2.24, 2.45) is 0 Å². The second-order valence-corrected chi connectivity index (χ2v) is 7.93. The number of rotatable bonds is 6. The van der Waals surface area contributed by atoms with Crippen molar-refractivity contribution in [3.8, 4) is 28.3 Å². The van der Waals surface area contributed by atoms with E-state index in [1.165, 1.54) is 0 Å². The molecule has 1 saturated heterocycles. The fourth-order valence-electron chi connectivity index (χ4n) is 3.92. The van der Waals surface area contributed by atoms with Crippen LogP contribution >= 0.6 is 0 Å². The topological polar surface area (TPSA) is 89.5 Å². The van der Waals surface area contributed by atoms with E-state index in [0.717, 1.165) is 33.4 Å². The SMILES string of the molecule is CNc1nc(-c2cccnc2)nc2ccc(-c3ccc(OCC(=O)N4CCOCC4)cc3)cc12. The van der Waals surface area contributed by atoms with E-state index < -0.39 is 0 Å². The van der Waals surface area contributed by atoms with Crippen LogP contribution in [0.3, 0.4) is 0 Å². The average Bonchev–Trinajstić information content (AvgIpc) is 2.92. The van der Waals surface area contributed by atoms with Crippen molar-refractivity contribution in [2.75, 3.05) is 45.3 Å². The van der Waals surface area contributed by atoms with Crippen LogP contribution in [0.25, 0.3) is 33.4 Å². The molecular formula is C26H25N5O3. The highest BCUT2D eigenvalue weighted by Gasteiger charge is 2.17. The van der Waals surface area contributed by atoms with E-state index >= 15 is 0 Å². The van der Waals surface area contributed by atoms with Crippen LogP contribution in [0, 0.1) is 0 Å². The highest BCUT2D eigenvalue weighted by atomic mass is 16.5. The summed E-state index contributed by atoms with van der Waals surface area (Å²) in [4.78, 5) is 27.6. The number of fused-ring (bicyclic) bond motifs is 1. The maximum Gasteiger partial charge on any atom is 0.260 e. The zero-order valence-electron chi connectivity index (χ0n) is 18.9. The van der Waals surface area contributed by atoms with Gasteiger partial charge in [0.15, 0.2) is 12.4 Å². The molecule has 0 spiro atoms. The predicted octanol–water partition coefficient (Wildman–Crippen LogP) is 3.64. The molecule has 2 aromatic carbocycles. The maximum absolute atomic E-state index is 12.3. The number of carbonyl (C=O) groups is 1. The minimum absolute atomic E-state index is 0.0212. The van der Waals surface area contributed by atoms with Crippen molar-refractivity contribution in [1.29, 1.82) is 0 Å². The normalized spacial score (nSPS) is 13.6. The molecule has 4 aromatic rings. The van der Waals surface area contributed by atoms with E-state index in [0.29, 0.717) is 37.9 Å². The fourth-order valence-corrected chi connectivity index (χ4v) is 3.92. The molecule has 34 heavy (non-hydrogen) atoms. The van der Waals surface area contributed by atoms with Gasteiger partial charge < -0.3 is 19.7 Å². The summed E-state index contributed by atoms with van der Waals surface area (Å²) in [6, 6.07) is 17.7. The molecular weight excluding hydrogens is 430 g/mol. The number of nitrogens with zero attached hydrogens (tertiary/aromatic N) is 4. The highest BCUT2D eigenvalue weighted by molar-refractivity contribution is 5.93. The number of carbonyl (C=O) groups excluding carboxylic acids is 1. The van der Waals surface area contributed by atoms with Crippen LogP contribution < -0.4 is 10.1 Å². The fraction of sp³-hybridized carbons (Fsp3) is 0.231. The summed E-state index contributed by atoms with van der Waals surface area (Å²) in [5, 5.41) is 4.12. The molecule has 1 aliphatic heterocycles. The zero-order chi connectivity index (χ0) is 23.3. The third kappa shape index (κ3) is 4.67. The first-order valence-electron chi connectivity index (χ1n) is 11.2. The summed E-state index contributed by atoms with van der Waals surface area (Å²) in [5.41, 5.74) is 3.79. The second kappa shape index (κ2) is 9.84. The molecule has 1 N–H and O–H groups in total. The Morgan fingerprint density at radius 1 is 1.03 bits per heavy atom. The molecule has 0 unspecified atom stereocenters. The minimum atomic E-state index is -0.0212. The number of nitrogens with one attached hydrogen (secondary N) is 1. The molecule has 0 atom stereocenters. The monoisotopic (exact) mass is 455 g/mol. The molecule has 1 aliphatic rings. The Balaban J connectivity index is 1.34. The summed E-state index contributed by atoms with van der Waals surface area (Å²) in [6.45, 7) is 2.42. The van der Waals surface area contributed by atoms with Crippen molar-refractivity contribution < 1.29 is 14.3 Å². The number of hydrogen-bond donors (Lipinski definition) is 1. The van der Waals surface area contributed by atoms with Gasteiger partial charge in [0, 0.05) is 43.5 Å². The van der Waals surface area contributed by atoms with E-state index in [4.69, 9.17) is 19.4 Å². The average molecular weight is 456 g/mol. The smallest absolute Gasteiger partial charge is 0.260 e. The zero-order valence-corrected chi connectivity index (χ0v) is 18.9. The van der Waals surface area contributed by atoms with Gasteiger partial charge in [-0.25, -0.2) is 9.97 Å². The van der Waals surface area contributed by atoms with Crippen LogP contribution in [-0.2, 0) is 9.53 Å². The Hall–Kier alpha value is -4.04. The first kappa shape index (κ1) is 21.8. The molecule has 8 heteroatoms. The molecule has 3 heterocycles. The van der Waals surface area contributed by atoms with Gasteiger partial charge in [-0.1, -0.05) is 18.2 Å². The molecule has 1 fully saturated rings. The molecule has 5 rings (SSSR count). The standard InChI is InChI=1S/C26H25N5O3/c1-27-26-22-15-19(6-9-23(22)29-25(30-26)20-3-2-10-28-16-20)18-4-7-21(8-5-18)34-17-24(32)31-11-13-33-14-12-31/h2-10,15-16H,11-14,17H2,1H3,(H,27,29,30). The molecule has 2 aromatic heterocycles. The Morgan fingerprint density at radius 2 is 1.82 bits per heavy atom. The summed E-state index contributed by atoms with van der Waals surface area (Å²) in [5.74, 6) is 2.02. The van der Waals surface area contributed by atoms with E-state index in [-0.39, 0.29) is 12.5 Å². The number of hydrogen-bond acceptors (Lipinski definition) is 7. The van der Waals surface area contributed by atoms with Gasteiger partial charge in [0.2, 0.25) is 0 Å². The minimum Gasteiger partial charge on any atom is -0.484 e. The number of benzene rings is 2. The van der Waals surface area contributed by atoms with Gasteiger partial charge in [0.1, 0.15) is 11.6 Å². The van der Waals surface area contributed by atoms with Gasteiger partial charge in [-0.3, -0.25) is 9.78 Å². The van der Waals surface area contributed by atoms with Gasteiger partial charge in [-0.15, -0.1) is 0 Å². The predicted molar refractivity (Wildman–Crippen MR) is 131 cm³/mol. The van der Waals surface area contributed by atoms with E-state index in [1.54, 1.807) is 17.3 Å². The Bertz CT molecular complexity index is 1290. The Labute approximate surface area is 197 Å². The van der Waals surface area contributed by atoms with Crippen molar-refractivity contribution >= 4 is 22.6 Å². The highest BCUT2D eigenvalue weighted by Crippen LogP contribution is 2.30. The lowest BCUT2D eigenvalue weighted by Gasteiger charge is -2.26. The summed E-state index contributed by atoms with van der Waals surface area (Å²) < 4.78 is 11.0. The number of ether oxygens (including phenoxy) is 2. The molecule has 0 bridgehead atoms. The summed E-state index contributed by atoms with van der Waals surface area (Å²) in [6.07, 6.45) is 3.49. The van der Waals surface area contributed by atoms with Crippen LogP contribution in [-0.4, -0.2) is 65.7 Å². The molecule has 0 saturated carbocycles. The van der Waals surface area contributed by atoms with Gasteiger partial charge in [0.25, 0.3) is 5.91 Å². The number of pyridine rings is 1. The van der Waals surface area contributed by atoms with Crippen molar-refractivity contribution in [2.45, 2.75) is 0 Å². The maximum atomic E-state index is 12.3. The molecule has 0 radical (unpaired) electrons. The third-order valence-electron chi connectivity index (χ3n) is 5.77. The van der Waals surface area contributed by atoms with Crippen LogP contribution in [0.15, 0.2) is 67.0 Å². The molecule has 0 aliphatic carbocycles. The first-order chi connectivity index (χ1) is 16.7. The van der Waals surface area contributed by atoms with Crippen LogP contribution in [0.4, 0.5) is 5.82 Å². The second-order valence-electron chi connectivity index (χ2n) is 7.93. The van der Waals surface area contributed by atoms with E-state index in [1.807, 2.05) is 55.6 Å². The van der Waals surface area contributed by atoms with E-state index in [9.17, 15) is 4.79 Å². The van der Waals surface area contributed by atoms with Gasteiger partial charge >= 0.3 is 0 Å². The summed E-state index contributed by atoms with van der Waals surface area (Å²) in [7, 11) is 1.85. The number of morpholine rings is 1. The van der Waals surface area contributed by atoms with Crippen LogP contribution in [0.1, 0.15) is 0 Å². The lowest BCUT2D eigenvalue weighted by atomic mass is 10.0. The van der Waals surface area contributed by atoms with Crippen molar-refractivity contribution in [3.05, 3.63) is 67.0 Å². The lowest BCUT2D eigenvalue weighted by molar-refractivity contribution is -0.137. The van der Waals surface area contributed by atoms with E-state index in [2.05, 4.69) is 16.4 Å². The Kier molecular flexibility index (Phi) is 6.31.